The Morgan fingerprint density at radius 2 is 1.50 bits per heavy atom. The first-order valence-corrected chi connectivity index (χ1v) is 8.32. The van der Waals surface area contributed by atoms with Crippen molar-refractivity contribution in [2.45, 2.75) is 19.8 Å². The van der Waals surface area contributed by atoms with E-state index in [4.69, 9.17) is 23.2 Å². The van der Waals surface area contributed by atoms with Crippen LogP contribution in [0, 0.1) is 12.3 Å². The normalized spacial score (nSPS) is 14.8. The summed E-state index contributed by atoms with van der Waals surface area (Å²) in [4.78, 5) is 25.2. The first-order chi connectivity index (χ1) is 11.4. The summed E-state index contributed by atoms with van der Waals surface area (Å²) in [6.45, 7) is 1.90. The zero-order chi connectivity index (χ0) is 17.3. The van der Waals surface area contributed by atoms with Gasteiger partial charge in [0.05, 0.1) is 15.7 Å². The van der Waals surface area contributed by atoms with Crippen molar-refractivity contribution in [1.82, 2.24) is 0 Å². The zero-order valence-electron chi connectivity index (χ0n) is 13.0. The van der Waals surface area contributed by atoms with Crippen molar-refractivity contribution in [2.75, 3.05) is 10.6 Å². The van der Waals surface area contributed by atoms with E-state index < -0.39 is 5.41 Å². The summed E-state index contributed by atoms with van der Waals surface area (Å²) >= 11 is 12.1. The lowest BCUT2D eigenvalue weighted by molar-refractivity contribution is -0.131. The first kappa shape index (κ1) is 16.8. The lowest BCUT2D eigenvalue weighted by Gasteiger charge is -2.17. The fourth-order valence-electron chi connectivity index (χ4n) is 2.49. The molecule has 0 atom stereocenters. The number of hydrogen-bond donors (Lipinski definition) is 2. The second-order valence-corrected chi connectivity index (χ2v) is 6.72. The highest BCUT2D eigenvalue weighted by Gasteiger charge is 2.56. The van der Waals surface area contributed by atoms with Crippen molar-refractivity contribution >= 4 is 46.4 Å². The molecule has 1 aliphatic rings. The average molecular weight is 363 g/mol. The SMILES string of the molecule is Cc1ccccc1NC(=O)C1(C(=O)Nc2c(Cl)cccc2Cl)CC1. The van der Waals surface area contributed by atoms with Crippen LogP contribution in [-0.2, 0) is 9.59 Å². The van der Waals surface area contributed by atoms with E-state index in [1.54, 1.807) is 18.2 Å². The van der Waals surface area contributed by atoms with Crippen molar-refractivity contribution < 1.29 is 9.59 Å². The van der Waals surface area contributed by atoms with Gasteiger partial charge in [-0.15, -0.1) is 0 Å². The molecule has 0 aromatic heterocycles. The van der Waals surface area contributed by atoms with Gasteiger partial charge in [0.25, 0.3) is 0 Å². The van der Waals surface area contributed by atoms with Crippen molar-refractivity contribution in [3.8, 4) is 0 Å². The van der Waals surface area contributed by atoms with E-state index >= 15 is 0 Å². The van der Waals surface area contributed by atoms with E-state index in [0.29, 0.717) is 34.3 Å². The Morgan fingerprint density at radius 1 is 0.917 bits per heavy atom. The van der Waals surface area contributed by atoms with Gasteiger partial charge in [-0.25, -0.2) is 0 Å². The highest BCUT2D eigenvalue weighted by Crippen LogP contribution is 2.48. The van der Waals surface area contributed by atoms with Gasteiger partial charge >= 0.3 is 0 Å². The summed E-state index contributed by atoms with van der Waals surface area (Å²) in [5.41, 5.74) is 0.916. The first-order valence-electron chi connectivity index (χ1n) is 7.56. The van der Waals surface area contributed by atoms with E-state index in [-0.39, 0.29) is 11.8 Å². The molecule has 0 heterocycles. The minimum Gasteiger partial charge on any atom is -0.325 e. The molecule has 2 N–H and O–H groups in total. The molecule has 2 aromatic carbocycles. The number of nitrogens with one attached hydrogen (secondary N) is 2. The van der Waals surface area contributed by atoms with Gasteiger partial charge in [0.1, 0.15) is 5.41 Å². The van der Waals surface area contributed by atoms with Crippen LogP contribution >= 0.6 is 23.2 Å². The predicted molar refractivity (Wildman–Crippen MR) is 96.6 cm³/mol. The van der Waals surface area contributed by atoms with Gasteiger partial charge in [0.2, 0.25) is 11.8 Å². The van der Waals surface area contributed by atoms with Crippen molar-refractivity contribution in [3.63, 3.8) is 0 Å². The second kappa shape index (κ2) is 6.46. The molecule has 0 aliphatic heterocycles. The number of carbonyl (C=O) groups excluding carboxylic acids is 2. The van der Waals surface area contributed by atoms with Gasteiger partial charge in [-0.2, -0.15) is 0 Å². The number of rotatable bonds is 4. The van der Waals surface area contributed by atoms with Crippen molar-refractivity contribution in [3.05, 3.63) is 58.1 Å². The minimum absolute atomic E-state index is 0.308. The molecule has 6 heteroatoms. The van der Waals surface area contributed by atoms with Crippen LogP contribution in [0.25, 0.3) is 0 Å². The lowest BCUT2D eigenvalue weighted by Crippen LogP contribution is -2.36. The maximum atomic E-state index is 12.6. The Morgan fingerprint density at radius 3 is 2.08 bits per heavy atom. The number of aryl methyl sites for hydroxylation is 1. The number of carbonyl (C=O) groups is 2. The standard InChI is InChI=1S/C18H16Cl2N2O2/c1-11-5-2-3-8-14(11)21-16(23)18(9-10-18)17(24)22-15-12(19)6-4-7-13(15)20/h2-8H,9-10H2,1H3,(H,21,23)(H,22,24). The zero-order valence-corrected chi connectivity index (χ0v) is 14.5. The number of benzene rings is 2. The number of halogens is 2. The molecule has 1 aliphatic carbocycles. The van der Waals surface area contributed by atoms with Gasteiger partial charge in [-0.05, 0) is 43.5 Å². The summed E-state index contributed by atoms with van der Waals surface area (Å²) in [5, 5.41) is 6.22. The summed E-state index contributed by atoms with van der Waals surface area (Å²) in [6.07, 6.45) is 0.997. The van der Waals surface area contributed by atoms with Gasteiger partial charge in [0.15, 0.2) is 0 Å². The third-order valence-electron chi connectivity index (χ3n) is 4.21. The molecule has 0 unspecified atom stereocenters. The summed E-state index contributed by atoms with van der Waals surface area (Å²) in [6, 6.07) is 12.4. The second-order valence-electron chi connectivity index (χ2n) is 5.90. The van der Waals surface area contributed by atoms with Crippen LogP contribution in [0.2, 0.25) is 10.0 Å². The van der Waals surface area contributed by atoms with E-state index in [1.165, 1.54) is 0 Å². The molecule has 24 heavy (non-hydrogen) atoms. The monoisotopic (exact) mass is 362 g/mol. The molecule has 0 bridgehead atoms. The lowest BCUT2D eigenvalue weighted by atomic mass is 10.0. The fourth-order valence-corrected chi connectivity index (χ4v) is 2.98. The van der Waals surface area contributed by atoms with Crippen LogP contribution in [0.3, 0.4) is 0 Å². The van der Waals surface area contributed by atoms with Crippen LogP contribution in [0.15, 0.2) is 42.5 Å². The number of anilines is 2. The molecular weight excluding hydrogens is 347 g/mol. The molecule has 4 nitrogen and oxygen atoms in total. The van der Waals surface area contributed by atoms with E-state index in [9.17, 15) is 9.59 Å². The molecule has 0 radical (unpaired) electrons. The molecule has 2 amide bonds. The molecule has 0 saturated heterocycles. The molecular formula is C18H16Cl2N2O2. The highest BCUT2D eigenvalue weighted by atomic mass is 35.5. The maximum Gasteiger partial charge on any atom is 0.240 e. The smallest absolute Gasteiger partial charge is 0.240 e. The van der Waals surface area contributed by atoms with E-state index in [2.05, 4.69) is 10.6 Å². The third kappa shape index (κ3) is 3.12. The van der Waals surface area contributed by atoms with Gasteiger partial charge in [-0.1, -0.05) is 47.5 Å². The predicted octanol–water partition coefficient (Wildman–Crippen LogP) is 4.66. The number of amides is 2. The molecule has 0 spiro atoms. The van der Waals surface area contributed by atoms with Gasteiger partial charge < -0.3 is 10.6 Å². The summed E-state index contributed by atoms with van der Waals surface area (Å²) in [7, 11) is 0. The van der Waals surface area contributed by atoms with Crippen LogP contribution in [0.1, 0.15) is 18.4 Å². The molecule has 2 aromatic rings. The fraction of sp³-hybridized carbons (Fsp3) is 0.222. The molecule has 124 valence electrons. The van der Waals surface area contributed by atoms with Gasteiger partial charge in [-0.3, -0.25) is 9.59 Å². The quantitative estimate of drug-likeness (QED) is 0.777. The Bertz CT molecular complexity index is 796. The van der Waals surface area contributed by atoms with Crippen LogP contribution in [0.4, 0.5) is 11.4 Å². The number of para-hydroxylation sites is 2. The van der Waals surface area contributed by atoms with Crippen LogP contribution in [0.5, 0.6) is 0 Å². The molecule has 1 saturated carbocycles. The average Bonchev–Trinajstić information content (AvgIpc) is 3.35. The van der Waals surface area contributed by atoms with E-state index in [0.717, 1.165) is 5.56 Å². The summed E-state index contributed by atoms with van der Waals surface area (Å²) < 4.78 is 0. The molecule has 1 fully saturated rings. The Hall–Kier alpha value is -2.04. The number of hydrogen-bond acceptors (Lipinski definition) is 2. The largest absolute Gasteiger partial charge is 0.325 e. The van der Waals surface area contributed by atoms with E-state index in [1.807, 2.05) is 31.2 Å². The third-order valence-corrected chi connectivity index (χ3v) is 4.84. The topological polar surface area (TPSA) is 58.2 Å². The Kier molecular flexibility index (Phi) is 4.52. The highest BCUT2D eigenvalue weighted by molar-refractivity contribution is 6.40. The van der Waals surface area contributed by atoms with Crippen LogP contribution < -0.4 is 10.6 Å². The maximum absolute atomic E-state index is 12.6. The van der Waals surface area contributed by atoms with Crippen molar-refractivity contribution in [1.29, 1.82) is 0 Å². The van der Waals surface area contributed by atoms with Gasteiger partial charge in [0, 0.05) is 5.69 Å². The Balaban J connectivity index is 1.77. The summed E-state index contributed by atoms with van der Waals surface area (Å²) in [5.74, 6) is -0.693. The van der Waals surface area contributed by atoms with Crippen molar-refractivity contribution in [2.24, 2.45) is 5.41 Å². The molecule has 3 rings (SSSR count). The Labute approximate surface area is 150 Å². The minimum atomic E-state index is -1.06. The van der Waals surface area contributed by atoms with Crippen LogP contribution in [-0.4, -0.2) is 11.8 Å².